The normalized spacial score (nSPS) is 14.5. The number of urea groups is 1. The van der Waals surface area contributed by atoms with E-state index in [1.807, 2.05) is 32.0 Å². The van der Waals surface area contributed by atoms with Gasteiger partial charge < -0.3 is 20.1 Å². The molecule has 1 saturated heterocycles. The van der Waals surface area contributed by atoms with E-state index >= 15 is 0 Å². The lowest BCUT2D eigenvalue weighted by atomic mass is 10.1. The molecule has 2 aromatic rings. The van der Waals surface area contributed by atoms with Gasteiger partial charge in [-0.3, -0.25) is 9.59 Å². The minimum atomic E-state index is -0.645. The number of aryl methyl sites for hydroxylation is 1. The van der Waals surface area contributed by atoms with Gasteiger partial charge in [0.2, 0.25) is 5.91 Å². The van der Waals surface area contributed by atoms with Gasteiger partial charge in [-0.25, -0.2) is 9.69 Å². The highest BCUT2D eigenvalue weighted by atomic mass is 16.5. The summed E-state index contributed by atoms with van der Waals surface area (Å²) in [6.45, 7) is 3.96. The van der Waals surface area contributed by atoms with Gasteiger partial charge in [0.15, 0.2) is 11.5 Å². The molecule has 0 unspecified atom stereocenters. The number of rotatable bonds is 8. The molecule has 2 N–H and O–H groups in total. The Morgan fingerprint density at radius 2 is 1.90 bits per heavy atom. The van der Waals surface area contributed by atoms with Crippen molar-refractivity contribution in [2.45, 2.75) is 20.3 Å². The summed E-state index contributed by atoms with van der Waals surface area (Å²) >= 11 is 0. The second kappa shape index (κ2) is 9.80. The van der Waals surface area contributed by atoms with Gasteiger partial charge >= 0.3 is 6.03 Å². The number of carbonyl (C=O) groups is 3. The number of imide groups is 1. The maximum absolute atomic E-state index is 12.7. The van der Waals surface area contributed by atoms with Crippen LogP contribution in [-0.4, -0.2) is 43.0 Å². The predicted octanol–water partition coefficient (Wildman–Crippen LogP) is 3.19. The van der Waals surface area contributed by atoms with Gasteiger partial charge in [0, 0.05) is 5.69 Å². The number of para-hydroxylation sites is 1. The second-order valence-electron chi connectivity index (χ2n) is 6.78. The summed E-state index contributed by atoms with van der Waals surface area (Å²) in [5.74, 6) is 0.0727. The van der Waals surface area contributed by atoms with Crippen LogP contribution in [0.4, 0.5) is 10.5 Å². The number of hydrogen-bond donors (Lipinski definition) is 2. The summed E-state index contributed by atoms with van der Waals surface area (Å²) in [5, 5.41) is 5.28. The molecule has 4 amide bonds. The molecule has 31 heavy (non-hydrogen) atoms. The van der Waals surface area contributed by atoms with Crippen molar-refractivity contribution in [3.8, 4) is 11.5 Å². The molecule has 162 valence electrons. The van der Waals surface area contributed by atoms with Crippen LogP contribution in [0.5, 0.6) is 11.5 Å². The lowest BCUT2D eigenvalue weighted by molar-refractivity contribution is -0.127. The van der Waals surface area contributed by atoms with E-state index < -0.39 is 17.8 Å². The van der Waals surface area contributed by atoms with Crippen molar-refractivity contribution in [2.75, 3.05) is 25.6 Å². The molecule has 0 atom stereocenters. The van der Waals surface area contributed by atoms with Crippen molar-refractivity contribution >= 4 is 29.6 Å². The molecule has 3 rings (SSSR count). The van der Waals surface area contributed by atoms with Crippen LogP contribution in [0.1, 0.15) is 25.0 Å². The lowest BCUT2D eigenvalue weighted by Crippen LogP contribution is -2.38. The molecule has 1 aliphatic heterocycles. The molecule has 0 aromatic heterocycles. The summed E-state index contributed by atoms with van der Waals surface area (Å²) in [6, 6.07) is 11.9. The quantitative estimate of drug-likeness (QED) is 0.502. The van der Waals surface area contributed by atoms with Gasteiger partial charge in [-0.1, -0.05) is 31.2 Å². The molecular formula is C23H25N3O5. The molecule has 8 nitrogen and oxygen atoms in total. The Kier molecular flexibility index (Phi) is 6.92. The van der Waals surface area contributed by atoms with E-state index in [9.17, 15) is 14.4 Å². The lowest BCUT2D eigenvalue weighted by Gasteiger charge is -2.13. The Bertz CT molecular complexity index is 1030. The van der Waals surface area contributed by atoms with Crippen molar-refractivity contribution in [1.82, 2.24) is 10.2 Å². The van der Waals surface area contributed by atoms with Crippen molar-refractivity contribution < 1.29 is 23.9 Å². The first kappa shape index (κ1) is 21.9. The molecule has 0 saturated carbocycles. The SMILES string of the molecule is CCOc1ccc(/C=C2/NC(=O)N(CC(=O)Nc3ccccc3CC)C2=O)cc1OC. The highest BCUT2D eigenvalue weighted by Crippen LogP contribution is 2.29. The Hall–Kier alpha value is -3.81. The largest absolute Gasteiger partial charge is 0.493 e. The van der Waals surface area contributed by atoms with Crippen molar-refractivity contribution in [1.29, 1.82) is 0 Å². The van der Waals surface area contributed by atoms with Crippen LogP contribution in [0.3, 0.4) is 0 Å². The maximum Gasteiger partial charge on any atom is 0.329 e. The first-order chi connectivity index (χ1) is 15.0. The summed E-state index contributed by atoms with van der Waals surface area (Å²) < 4.78 is 10.8. The minimum Gasteiger partial charge on any atom is -0.493 e. The molecule has 0 spiro atoms. The highest BCUT2D eigenvalue weighted by molar-refractivity contribution is 6.16. The van der Waals surface area contributed by atoms with E-state index in [1.165, 1.54) is 13.2 Å². The summed E-state index contributed by atoms with van der Waals surface area (Å²) in [4.78, 5) is 38.3. The summed E-state index contributed by atoms with van der Waals surface area (Å²) in [7, 11) is 1.52. The number of ether oxygens (including phenoxy) is 2. The summed E-state index contributed by atoms with van der Waals surface area (Å²) in [5.41, 5.74) is 2.36. The average molecular weight is 423 g/mol. The fourth-order valence-electron chi connectivity index (χ4n) is 3.21. The molecule has 0 aliphatic carbocycles. The predicted molar refractivity (Wildman–Crippen MR) is 117 cm³/mol. The molecule has 1 heterocycles. The number of amides is 4. The number of nitrogens with zero attached hydrogens (tertiary/aromatic N) is 1. The third kappa shape index (κ3) is 5.03. The van der Waals surface area contributed by atoms with E-state index in [2.05, 4.69) is 10.6 Å². The number of nitrogens with one attached hydrogen (secondary N) is 2. The van der Waals surface area contributed by atoms with E-state index in [1.54, 1.807) is 24.3 Å². The highest BCUT2D eigenvalue weighted by Gasteiger charge is 2.35. The van der Waals surface area contributed by atoms with Crippen LogP contribution in [0, 0.1) is 0 Å². The van der Waals surface area contributed by atoms with Gasteiger partial charge in [0.1, 0.15) is 12.2 Å². The Labute approximate surface area is 180 Å². The van der Waals surface area contributed by atoms with Crippen molar-refractivity contribution in [2.24, 2.45) is 0 Å². The first-order valence-electron chi connectivity index (χ1n) is 10.00. The first-order valence-corrected chi connectivity index (χ1v) is 10.00. The van der Waals surface area contributed by atoms with Gasteiger partial charge in [-0.05, 0) is 48.7 Å². The summed E-state index contributed by atoms with van der Waals surface area (Å²) in [6.07, 6.45) is 2.28. The van der Waals surface area contributed by atoms with Gasteiger partial charge in [0.25, 0.3) is 5.91 Å². The van der Waals surface area contributed by atoms with Gasteiger partial charge in [0.05, 0.1) is 13.7 Å². The Balaban J connectivity index is 1.72. The third-order valence-corrected chi connectivity index (χ3v) is 4.73. The van der Waals surface area contributed by atoms with Crippen LogP contribution in [0.2, 0.25) is 0 Å². The monoisotopic (exact) mass is 423 g/mol. The number of benzene rings is 2. The number of methoxy groups -OCH3 is 1. The molecule has 0 bridgehead atoms. The zero-order valence-corrected chi connectivity index (χ0v) is 17.7. The zero-order chi connectivity index (χ0) is 22.4. The molecular weight excluding hydrogens is 398 g/mol. The van der Waals surface area contributed by atoms with E-state index in [0.717, 1.165) is 16.9 Å². The number of carbonyl (C=O) groups excluding carboxylic acids is 3. The van der Waals surface area contributed by atoms with E-state index in [0.29, 0.717) is 29.4 Å². The number of anilines is 1. The van der Waals surface area contributed by atoms with Crippen LogP contribution < -0.4 is 20.1 Å². The van der Waals surface area contributed by atoms with Crippen LogP contribution in [0.15, 0.2) is 48.2 Å². The topological polar surface area (TPSA) is 97.0 Å². The van der Waals surface area contributed by atoms with Crippen LogP contribution in [-0.2, 0) is 16.0 Å². The van der Waals surface area contributed by atoms with Gasteiger partial charge in [-0.2, -0.15) is 0 Å². The Morgan fingerprint density at radius 3 is 2.61 bits per heavy atom. The molecule has 2 aromatic carbocycles. The van der Waals surface area contributed by atoms with Crippen LogP contribution in [0.25, 0.3) is 6.08 Å². The van der Waals surface area contributed by atoms with Crippen LogP contribution >= 0.6 is 0 Å². The van der Waals surface area contributed by atoms with Crippen molar-refractivity contribution in [3.63, 3.8) is 0 Å². The molecule has 0 radical (unpaired) electrons. The molecule has 1 fully saturated rings. The number of hydrogen-bond acceptors (Lipinski definition) is 5. The second-order valence-corrected chi connectivity index (χ2v) is 6.78. The van der Waals surface area contributed by atoms with E-state index in [-0.39, 0.29) is 12.2 Å². The molecule has 1 aliphatic rings. The van der Waals surface area contributed by atoms with Crippen molar-refractivity contribution in [3.05, 3.63) is 59.3 Å². The fourth-order valence-corrected chi connectivity index (χ4v) is 3.21. The van der Waals surface area contributed by atoms with Gasteiger partial charge in [-0.15, -0.1) is 0 Å². The smallest absolute Gasteiger partial charge is 0.329 e. The standard InChI is InChI=1S/C23H25N3O5/c1-4-16-8-6-7-9-17(16)24-21(27)14-26-22(28)18(25-23(26)29)12-15-10-11-19(31-5-2)20(13-15)30-3/h6-13H,4-5,14H2,1-3H3,(H,24,27)(H,25,29)/b18-12+. The third-order valence-electron chi connectivity index (χ3n) is 4.73. The van der Waals surface area contributed by atoms with E-state index in [4.69, 9.17) is 9.47 Å². The average Bonchev–Trinajstić information content (AvgIpc) is 3.02. The fraction of sp³-hybridized carbons (Fsp3) is 0.261. The zero-order valence-electron chi connectivity index (χ0n) is 17.7. The Morgan fingerprint density at radius 1 is 1.13 bits per heavy atom. The molecule has 8 heteroatoms. The minimum absolute atomic E-state index is 0.0815. The maximum atomic E-state index is 12.7.